The summed E-state index contributed by atoms with van der Waals surface area (Å²) in [5, 5.41) is 0.611. The first-order chi connectivity index (χ1) is 10.6. The molecular formula is C16H20N4O2. The fourth-order valence-corrected chi connectivity index (χ4v) is 2.90. The molecule has 0 radical (unpaired) electrons. The minimum absolute atomic E-state index is 0.0198. The van der Waals surface area contributed by atoms with Crippen LogP contribution in [0.1, 0.15) is 25.7 Å². The van der Waals surface area contributed by atoms with Crippen LogP contribution in [-0.2, 0) is 4.79 Å². The number of para-hydroxylation sites is 1. The van der Waals surface area contributed by atoms with Gasteiger partial charge in [-0.1, -0.05) is 12.1 Å². The number of benzene rings is 1. The smallest absolute Gasteiger partial charge is 0.258 e. The first kappa shape index (κ1) is 14.7. The van der Waals surface area contributed by atoms with Crippen LogP contribution in [0.5, 0.6) is 0 Å². The topological polar surface area (TPSA) is 69.3 Å². The fourth-order valence-electron chi connectivity index (χ4n) is 2.90. The summed E-state index contributed by atoms with van der Waals surface area (Å²) in [4.78, 5) is 35.1. The SMILES string of the molecule is CC(=O)N1CCN(C(C)c2nc3ccccc3c(=O)[nH]2)CC1. The summed E-state index contributed by atoms with van der Waals surface area (Å²) < 4.78 is 0. The molecule has 0 spiro atoms. The first-order valence-electron chi connectivity index (χ1n) is 7.55. The van der Waals surface area contributed by atoms with Crippen LogP contribution >= 0.6 is 0 Å². The van der Waals surface area contributed by atoms with E-state index in [4.69, 9.17) is 0 Å². The van der Waals surface area contributed by atoms with Gasteiger partial charge in [0.15, 0.2) is 0 Å². The predicted molar refractivity (Wildman–Crippen MR) is 84.6 cm³/mol. The highest BCUT2D eigenvalue weighted by atomic mass is 16.2. The van der Waals surface area contributed by atoms with Crippen molar-refractivity contribution in [1.29, 1.82) is 0 Å². The highest BCUT2D eigenvalue weighted by Crippen LogP contribution is 2.19. The lowest BCUT2D eigenvalue weighted by molar-refractivity contribution is -0.130. The molecule has 1 fully saturated rings. The number of carbonyl (C=O) groups is 1. The Hall–Kier alpha value is -2.21. The van der Waals surface area contributed by atoms with Gasteiger partial charge in [-0.05, 0) is 19.1 Å². The van der Waals surface area contributed by atoms with Crippen LogP contribution in [-0.4, -0.2) is 51.9 Å². The zero-order valence-corrected chi connectivity index (χ0v) is 12.9. The molecule has 1 unspecified atom stereocenters. The number of fused-ring (bicyclic) bond motifs is 1. The molecule has 6 nitrogen and oxygen atoms in total. The van der Waals surface area contributed by atoms with Crippen molar-refractivity contribution in [2.45, 2.75) is 19.9 Å². The molecule has 6 heteroatoms. The molecule has 1 atom stereocenters. The van der Waals surface area contributed by atoms with Gasteiger partial charge in [0, 0.05) is 33.1 Å². The molecule has 1 aliphatic heterocycles. The number of piperazine rings is 1. The van der Waals surface area contributed by atoms with E-state index in [-0.39, 0.29) is 17.5 Å². The van der Waals surface area contributed by atoms with Crippen molar-refractivity contribution in [1.82, 2.24) is 19.8 Å². The van der Waals surface area contributed by atoms with Crippen LogP contribution < -0.4 is 5.56 Å². The maximum Gasteiger partial charge on any atom is 0.258 e. The third kappa shape index (κ3) is 2.74. The van der Waals surface area contributed by atoms with E-state index in [1.165, 1.54) is 0 Å². The lowest BCUT2D eigenvalue weighted by Gasteiger charge is -2.37. The Morgan fingerprint density at radius 1 is 1.23 bits per heavy atom. The number of H-pyrrole nitrogens is 1. The molecule has 1 aromatic carbocycles. The zero-order chi connectivity index (χ0) is 15.7. The summed E-state index contributed by atoms with van der Waals surface area (Å²) in [5.41, 5.74) is 0.616. The van der Waals surface area contributed by atoms with Crippen molar-refractivity contribution in [3.63, 3.8) is 0 Å². The summed E-state index contributed by atoms with van der Waals surface area (Å²) in [6, 6.07) is 7.37. The third-order valence-electron chi connectivity index (χ3n) is 4.33. The van der Waals surface area contributed by atoms with Crippen LogP contribution in [0.25, 0.3) is 10.9 Å². The van der Waals surface area contributed by atoms with E-state index in [1.807, 2.05) is 30.0 Å². The van der Waals surface area contributed by atoms with Crippen LogP contribution in [0.4, 0.5) is 0 Å². The third-order valence-corrected chi connectivity index (χ3v) is 4.33. The molecular weight excluding hydrogens is 280 g/mol. The van der Waals surface area contributed by atoms with E-state index in [0.717, 1.165) is 31.7 Å². The molecule has 1 amide bonds. The van der Waals surface area contributed by atoms with Crippen LogP contribution in [0.15, 0.2) is 29.1 Å². The fraction of sp³-hybridized carbons (Fsp3) is 0.438. The number of amides is 1. The number of nitrogens with one attached hydrogen (secondary N) is 1. The van der Waals surface area contributed by atoms with Crippen LogP contribution in [0.2, 0.25) is 0 Å². The van der Waals surface area contributed by atoms with Crippen LogP contribution in [0, 0.1) is 0 Å². The zero-order valence-electron chi connectivity index (χ0n) is 12.9. The van der Waals surface area contributed by atoms with Gasteiger partial charge in [0.05, 0.1) is 16.9 Å². The van der Waals surface area contributed by atoms with E-state index >= 15 is 0 Å². The van der Waals surface area contributed by atoms with Gasteiger partial charge in [0.1, 0.15) is 5.82 Å². The maximum atomic E-state index is 12.2. The molecule has 0 aliphatic carbocycles. The average molecular weight is 300 g/mol. The number of carbonyl (C=O) groups excluding carboxylic acids is 1. The monoisotopic (exact) mass is 300 g/mol. The van der Waals surface area contributed by atoms with E-state index in [0.29, 0.717) is 11.2 Å². The molecule has 1 N–H and O–H groups in total. The van der Waals surface area contributed by atoms with Crippen molar-refractivity contribution < 1.29 is 4.79 Å². The van der Waals surface area contributed by atoms with Gasteiger partial charge in [-0.15, -0.1) is 0 Å². The molecule has 1 aromatic heterocycles. The quantitative estimate of drug-likeness (QED) is 0.903. The highest BCUT2D eigenvalue weighted by Gasteiger charge is 2.24. The predicted octanol–water partition coefficient (Wildman–Crippen LogP) is 1.15. The van der Waals surface area contributed by atoms with E-state index < -0.39 is 0 Å². The molecule has 1 aliphatic rings. The molecule has 3 rings (SSSR count). The lowest BCUT2D eigenvalue weighted by Crippen LogP contribution is -2.49. The summed E-state index contributed by atoms with van der Waals surface area (Å²) in [6.07, 6.45) is 0. The second-order valence-corrected chi connectivity index (χ2v) is 5.69. The summed E-state index contributed by atoms with van der Waals surface area (Å²) >= 11 is 0. The van der Waals surface area contributed by atoms with Gasteiger partial charge in [-0.2, -0.15) is 0 Å². The highest BCUT2D eigenvalue weighted by molar-refractivity contribution is 5.77. The minimum atomic E-state index is -0.102. The number of aromatic nitrogens is 2. The molecule has 22 heavy (non-hydrogen) atoms. The molecule has 2 heterocycles. The molecule has 0 bridgehead atoms. The largest absolute Gasteiger partial charge is 0.340 e. The van der Waals surface area contributed by atoms with Gasteiger partial charge >= 0.3 is 0 Å². The number of hydrogen-bond donors (Lipinski definition) is 1. The van der Waals surface area contributed by atoms with Gasteiger partial charge in [0.2, 0.25) is 5.91 Å². The molecule has 2 aromatic rings. The van der Waals surface area contributed by atoms with Crippen molar-refractivity contribution >= 4 is 16.8 Å². The Balaban J connectivity index is 1.82. The van der Waals surface area contributed by atoms with E-state index in [2.05, 4.69) is 14.9 Å². The van der Waals surface area contributed by atoms with Gasteiger partial charge < -0.3 is 9.88 Å². The molecule has 116 valence electrons. The Morgan fingerprint density at radius 2 is 1.91 bits per heavy atom. The normalized spacial score (nSPS) is 17.6. The summed E-state index contributed by atoms with van der Waals surface area (Å²) in [5.74, 6) is 0.796. The second kappa shape index (κ2) is 5.88. The van der Waals surface area contributed by atoms with Gasteiger partial charge in [0.25, 0.3) is 5.56 Å². The number of rotatable bonds is 2. The summed E-state index contributed by atoms with van der Waals surface area (Å²) in [7, 11) is 0. The van der Waals surface area contributed by atoms with Crippen molar-refractivity contribution in [3.8, 4) is 0 Å². The Labute approximate surface area is 128 Å². The number of aromatic amines is 1. The lowest BCUT2D eigenvalue weighted by atomic mass is 10.2. The standard InChI is InChI=1S/C16H20N4O2/c1-11(19-7-9-20(10-8-19)12(2)21)15-17-14-6-4-3-5-13(14)16(22)18-15/h3-6,11H,7-10H2,1-2H3,(H,17,18,22). The average Bonchev–Trinajstić information content (AvgIpc) is 2.54. The minimum Gasteiger partial charge on any atom is -0.340 e. The Morgan fingerprint density at radius 3 is 2.59 bits per heavy atom. The maximum absolute atomic E-state index is 12.2. The van der Waals surface area contributed by atoms with Crippen molar-refractivity contribution in [2.24, 2.45) is 0 Å². The molecule has 0 saturated carbocycles. The molecule has 1 saturated heterocycles. The van der Waals surface area contributed by atoms with Gasteiger partial charge in [-0.3, -0.25) is 14.5 Å². The Bertz CT molecular complexity index is 747. The summed E-state index contributed by atoms with van der Waals surface area (Å²) in [6.45, 7) is 6.65. The van der Waals surface area contributed by atoms with E-state index in [9.17, 15) is 9.59 Å². The number of nitrogens with zero attached hydrogens (tertiary/aromatic N) is 3. The van der Waals surface area contributed by atoms with Gasteiger partial charge in [-0.25, -0.2) is 4.98 Å². The van der Waals surface area contributed by atoms with Crippen LogP contribution in [0.3, 0.4) is 0 Å². The van der Waals surface area contributed by atoms with Crippen molar-refractivity contribution in [2.75, 3.05) is 26.2 Å². The van der Waals surface area contributed by atoms with Crippen molar-refractivity contribution in [3.05, 3.63) is 40.4 Å². The number of hydrogen-bond acceptors (Lipinski definition) is 4. The first-order valence-corrected chi connectivity index (χ1v) is 7.55. The van der Waals surface area contributed by atoms with E-state index in [1.54, 1.807) is 13.0 Å². The second-order valence-electron chi connectivity index (χ2n) is 5.69. The Kier molecular flexibility index (Phi) is 3.94.